The molecule has 1 aliphatic rings. The molecule has 0 spiro atoms. The number of aryl methyl sites for hydroxylation is 1. The molecule has 1 heterocycles. The van der Waals surface area contributed by atoms with E-state index >= 15 is 0 Å². The van der Waals surface area contributed by atoms with Gasteiger partial charge in [-0.15, -0.1) is 0 Å². The van der Waals surface area contributed by atoms with E-state index in [0.29, 0.717) is 6.04 Å². The van der Waals surface area contributed by atoms with Crippen LogP contribution in [0.4, 0.5) is 11.4 Å². The zero-order valence-electron chi connectivity index (χ0n) is 11.1. The number of benzene rings is 2. The molecule has 1 aromatic heterocycles. The molecule has 0 fully saturated rings. The van der Waals surface area contributed by atoms with E-state index in [0.717, 1.165) is 35.1 Å². The second-order valence-electron chi connectivity index (χ2n) is 5.37. The van der Waals surface area contributed by atoms with E-state index in [-0.39, 0.29) is 0 Å². The van der Waals surface area contributed by atoms with Gasteiger partial charge < -0.3 is 11.1 Å². The van der Waals surface area contributed by atoms with Crippen LogP contribution in [0.3, 0.4) is 0 Å². The van der Waals surface area contributed by atoms with E-state index in [4.69, 9.17) is 5.73 Å². The largest absolute Gasteiger partial charge is 0.399 e. The van der Waals surface area contributed by atoms with Gasteiger partial charge in [0.15, 0.2) is 0 Å². The monoisotopic (exact) mass is 264 g/mol. The highest BCUT2D eigenvalue weighted by atomic mass is 15.1. The number of rotatable bonds is 2. The standard InChI is InChI=1S/C16H16N4/c17-12-3-5-14-10(7-12)2-6-15(14)19-13-4-1-11-9-18-20-16(11)8-13/h1,3-5,7-9,15,19H,2,6,17H2,(H,18,20). The summed E-state index contributed by atoms with van der Waals surface area (Å²) < 4.78 is 0. The normalized spacial score (nSPS) is 17.3. The first-order valence-corrected chi connectivity index (χ1v) is 6.87. The number of nitrogens with two attached hydrogens (primary N) is 1. The van der Waals surface area contributed by atoms with Crippen LogP contribution in [-0.2, 0) is 6.42 Å². The first kappa shape index (κ1) is 11.3. The van der Waals surface area contributed by atoms with Gasteiger partial charge in [-0.3, -0.25) is 5.10 Å². The van der Waals surface area contributed by atoms with Crippen molar-refractivity contribution in [2.45, 2.75) is 18.9 Å². The van der Waals surface area contributed by atoms with Crippen molar-refractivity contribution in [3.8, 4) is 0 Å². The van der Waals surface area contributed by atoms with Crippen molar-refractivity contribution in [3.05, 3.63) is 53.7 Å². The molecular formula is C16H16N4. The Hall–Kier alpha value is -2.49. The lowest BCUT2D eigenvalue weighted by molar-refractivity contribution is 0.762. The van der Waals surface area contributed by atoms with Crippen LogP contribution in [0.15, 0.2) is 42.6 Å². The first-order chi connectivity index (χ1) is 9.79. The highest BCUT2D eigenvalue weighted by molar-refractivity contribution is 5.81. The minimum absolute atomic E-state index is 0.367. The third kappa shape index (κ3) is 1.81. The zero-order chi connectivity index (χ0) is 13.5. The maximum absolute atomic E-state index is 5.85. The molecular weight excluding hydrogens is 248 g/mol. The molecule has 1 aliphatic carbocycles. The van der Waals surface area contributed by atoms with Crippen molar-refractivity contribution >= 4 is 22.3 Å². The molecule has 0 aliphatic heterocycles. The van der Waals surface area contributed by atoms with Crippen LogP contribution in [0.2, 0.25) is 0 Å². The van der Waals surface area contributed by atoms with Crippen molar-refractivity contribution in [1.29, 1.82) is 0 Å². The molecule has 0 radical (unpaired) electrons. The maximum atomic E-state index is 5.85. The molecule has 2 aromatic carbocycles. The van der Waals surface area contributed by atoms with Crippen LogP contribution in [0.5, 0.6) is 0 Å². The molecule has 100 valence electrons. The number of nitrogens with one attached hydrogen (secondary N) is 2. The molecule has 3 aromatic rings. The number of nitrogens with zero attached hydrogens (tertiary/aromatic N) is 1. The maximum Gasteiger partial charge on any atom is 0.0670 e. The fourth-order valence-electron chi connectivity index (χ4n) is 3.02. The van der Waals surface area contributed by atoms with Crippen LogP contribution in [-0.4, -0.2) is 10.2 Å². The highest BCUT2D eigenvalue weighted by Gasteiger charge is 2.22. The van der Waals surface area contributed by atoms with Crippen LogP contribution in [0, 0.1) is 0 Å². The summed E-state index contributed by atoms with van der Waals surface area (Å²) in [5.41, 5.74) is 11.6. The molecule has 4 heteroatoms. The predicted octanol–water partition coefficient (Wildman–Crippen LogP) is 3.24. The van der Waals surface area contributed by atoms with Crippen LogP contribution in [0.1, 0.15) is 23.6 Å². The Morgan fingerprint density at radius 1 is 1.20 bits per heavy atom. The Balaban J connectivity index is 1.64. The fraction of sp³-hybridized carbons (Fsp3) is 0.188. The van der Waals surface area contributed by atoms with E-state index < -0.39 is 0 Å². The highest BCUT2D eigenvalue weighted by Crippen LogP contribution is 2.35. The number of fused-ring (bicyclic) bond motifs is 2. The lowest BCUT2D eigenvalue weighted by Crippen LogP contribution is -2.07. The quantitative estimate of drug-likeness (QED) is 0.622. The number of anilines is 2. The Kier molecular flexibility index (Phi) is 2.42. The molecule has 1 atom stereocenters. The molecule has 4 nitrogen and oxygen atoms in total. The topological polar surface area (TPSA) is 66.7 Å². The van der Waals surface area contributed by atoms with Crippen LogP contribution >= 0.6 is 0 Å². The van der Waals surface area contributed by atoms with Gasteiger partial charge in [0.05, 0.1) is 17.8 Å². The zero-order valence-corrected chi connectivity index (χ0v) is 11.1. The lowest BCUT2D eigenvalue weighted by Gasteiger charge is -2.15. The van der Waals surface area contributed by atoms with Gasteiger partial charge in [-0.05, 0) is 54.3 Å². The summed E-state index contributed by atoms with van der Waals surface area (Å²) in [7, 11) is 0. The average Bonchev–Trinajstić information content (AvgIpc) is 3.05. The van der Waals surface area contributed by atoms with Crippen LogP contribution < -0.4 is 11.1 Å². The number of hydrogen-bond donors (Lipinski definition) is 3. The van der Waals surface area contributed by atoms with Gasteiger partial charge in [0.2, 0.25) is 0 Å². The number of nitrogen functional groups attached to an aromatic ring is 1. The van der Waals surface area contributed by atoms with E-state index in [1.165, 1.54) is 11.1 Å². The number of hydrogen-bond acceptors (Lipinski definition) is 3. The van der Waals surface area contributed by atoms with Gasteiger partial charge in [0.25, 0.3) is 0 Å². The molecule has 20 heavy (non-hydrogen) atoms. The summed E-state index contributed by atoms with van der Waals surface area (Å²) in [5, 5.41) is 11.8. The smallest absolute Gasteiger partial charge is 0.0670 e. The first-order valence-electron chi connectivity index (χ1n) is 6.87. The number of H-pyrrole nitrogens is 1. The van der Waals surface area contributed by atoms with Gasteiger partial charge >= 0.3 is 0 Å². The van der Waals surface area contributed by atoms with Crippen LogP contribution in [0.25, 0.3) is 10.9 Å². The Labute approximate surface area is 117 Å². The molecule has 0 saturated heterocycles. The Morgan fingerprint density at radius 2 is 2.15 bits per heavy atom. The third-order valence-electron chi connectivity index (χ3n) is 4.03. The molecule has 4 N–H and O–H groups in total. The third-order valence-corrected chi connectivity index (χ3v) is 4.03. The van der Waals surface area contributed by atoms with E-state index in [1.54, 1.807) is 0 Å². The van der Waals surface area contributed by atoms with Gasteiger partial charge in [-0.25, -0.2) is 0 Å². The second kappa shape index (κ2) is 4.27. The summed E-state index contributed by atoms with van der Waals surface area (Å²) >= 11 is 0. The summed E-state index contributed by atoms with van der Waals surface area (Å²) in [5.74, 6) is 0. The van der Waals surface area contributed by atoms with E-state index in [1.807, 2.05) is 12.3 Å². The second-order valence-corrected chi connectivity index (χ2v) is 5.37. The van der Waals surface area contributed by atoms with Crippen molar-refractivity contribution in [2.75, 3.05) is 11.1 Å². The van der Waals surface area contributed by atoms with Gasteiger partial charge in [-0.1, -0.05) is 6.07 Å². The molecule has 0 saturated carbocycles. The van der Waals surface area contributed by atoms with Gasteiger partial charge in [-0.2, -0.15) is 5.10 Å². The minimum Gasteiger partial charge on any atom is -0.399 e. The minimum atomic E-state index is 0.367. The van der Waals surface area contributed by atoms with Crippen molar-refractivity contribution in [1.82, 2.24) is 10.2 Å². The average molecular weight is 264 g/mol. The summed E-state index contributed by atoms with van der Waals surface area (Å²) in [4.78, 5) is 0. The summed E-state index contributed by atoms with van der Waals surface area (Å²) in [6.07, 6.45) is 4.04. The fourth-order valence-corrected chi connectivity index (χ4v) is 3.02. The van der Waals surface area contributed by atoms with E-state index in [2.05, 4.69) is 45.8 Å². The summed E-state index contributed by atoms with van der Waals surface area (Å²) in [6.45, 7) is 0. The Morgan fingerprint density at radius 3 is 3.10 bits per heavy atom. The lowest BCUT2D eigenvalue weighted by atomic mass is 10.1. The van der Waals surface area contributed by atoms with Crippen molar-refractivity contribution in [3.63, 3.8) is 0 Å². The molecule has 4 rings (SSSR count). The van der Waals surface area contributed by atoms with E-state index in [9.17, 15) is 0 Å². The molecule has 0 amide bonds. The van der Waals surface area contributed by atoms with Gasteiger partial charge in [0, 0.05) is 16.8 Å². The SMILES string of the molecule is Nc1ccc2c(c1)CCC2Nc1ccc2cn[nH]c2c1. The number of aromatic amines is 1. The Bertz CT molecular complexity index is 775. The number of aromatic nitrogens is 2. The predicted molar refractivity (Wildman–Crippen MR) is 81.6 cm³/mol. The summed E-state index contributed by atoms with van der Waals surface area (Å²) in [6, 6.07) is 12.9. The molecule has 1 unspecified atom stereocenters. The van der Waals surface area contributed by atoms with Crippen molar-refractivity contribution < 1.29 is 0 Å². The molecule has 0 bridgehead atoms. The van der Waals surface area contributed by atoms with Crippen molar-refractivity contribution in [2.24, 2.45) is 0 Å². The van der Waals surface area contributed by atoms with Gasteiger partial charge in [0.1, 0.15) is 0 Å².